The summed E-state index contributed by atoms with van der Waals surface area (Å²) in [6.45, 7) is 5.96. The molecule has 6 nitrogen and oxygen atoms in total. The molecule has 6 heteroatoms. The molecule has 136 valence electrons. The first-order chi connectivity index (χ1) is 11.4. The van der Waals surface area contributed by atoms with Crippen molar-refractivity contribution in [1.82, 2.24) is 15.5 Å². The molecular formula is C18H31N3O3. The first-order valence-corrected chi connectivity index (χ1v) is 9.37. The van der Waals surface area contributed by atoms with Crippen molar-refractivity contribution in [2.75, 3.05) is 6.54 Å². The number of nitrogens with one attached hydrogen (secondary N) is 2. The van der Waals surface area contributed by atoms with E-state index in [1.54, 1.807) is 0 Å². The normalized spacial score (nSPS) is 26.4. The Morgan fingerprint density at radius 3 is 2.42 bits per heavy atom. The van der Waals surface area contributed by atoms with Gasteiger partial charge in [0.25, 0.3) is 5.91 Å². The summed E-state index contributed by atoms with van der Waals surface area (Å²) in [7, 11) is 0. The number of carbonyl (C=O) groups excluding carboxylic acids is 3. The van der Waals surface area contributed by atoms with Gasteiger partial charge in [-0.1, -0.05) is 46.5 Å². The fourth-order valence-corrected chi connectivity index (χ4v) is 4.06. The van der Waals surface area contributed by atoms with E-state index in [-0.39, 0.29) is 24.4 Å². The Kier molecular flexibility index (Phi) is 6.24. The highest BCUT2D eigenvalue weighted by Gasteiger charge is 2.50. The van der Waals surface area contributed by atoms with Gasteiger partial charge in [-0.25, -0.2) is 4.79 Å². The first-order valence-electron chi connectivity index (χ1n) is 9.37. The third-order valence-electron chi connectivity index (χ3n) is 5.36. The second-order valence-electron chi connectivity index (χ2n) is 7.34. The van der Waals surface area contributed by atoms with E-state index < -0.39 is 11.6 Å². The molecule has 2 atom stereocenters. The van der Waals surface area contributed by atoms with E-state index in [1.165, 1.54) is 6.42 Å². The van der Waals surface area contributed by atoms with Gasteiger partial charge in [0, 0.05) is 6.04 Å². The smallest absolute Gasteiger partial charge is 0.325 e. The van der Waals surface area contributed by atoms with Crippen molar-refractivity contribution < 1.29 is 14.4 Å². The molecule has 0 aromatic heterocycles. The summed E-state index contributed by atoms with van der Waals surface area (Å²) in [6, 6.07) is -0.281. The monoisotopic (exact) mass is 337 g/mol. The fourth-order valence-electron chi connectivity index (χ4n) is 4.06. The number of amides is 4. The van der Waals surface area contributed by atoms with Crippen molar-refractivity contribution in [1.29, 1.82) is 0 Å². The van der Waals surface area contributed by atoms with E-state index in [9.17, 15) is 14.4 Å². The van der Waals surface area contributed by atoms with E-state index in [4.69, 9.17) is 0 Å². The highest BCUT2D eigenvalue weighted by Crippen LogP contribution is 2.28. The SMILES string of the molecule is CCCC1(CCC)NC(=O)N(CC(=O)N[C@H]2CCCC[C@H]2C)C1=O. The molecular weight excluding hydrogens is 306 g/mol. The van der Waals surface area contributed by atoms with Crippen LogP contribution in [0.1, 0.15) is 72.1 Å². The van der Waals surface area contributed by atoms with Crippen LogP contribution in [0.2, 0.25) is 0 Å². The molecule has 1 saturated carbocycles. The molecule has 2 aliphatic rings. The Hall–Kier alpha value is -1.59. The number of urea groups is 1. The van der Waals surface area contributed by atoms with Gasteiger partial charge in [-0.15, -0.1) is 0 Å². The molecule has 2 fully saturated rings. The third-order valence-corrected chi connectivity index (χ3v) is 5.36. The summed E-state index contributed by atoms with van der Waals surface area (Å²) in [5, 5.41) is 5.86. The summed E-state index contributed by atoms with van der Waals surface area (Å²) in [5.74, 6) is -0.0332. The molecule has 0 spiro atoms. The van der Waals surface area contributed by atoms with E-state index in [0.29, 0.717) is 18.8 Å². The van der Waals surface area contributed by atoms with Crippen molar-refractivity contribution in [3.63, 3.8) is 0 Å². The molecule has 2 rings (SSSR count). The van der Waals surface area contributed by atoms with Gasteiger partial charge in [0.2, 0.25) is 5.91 Å². The second-order valence-corrected chi connectivity index (χ2v) is 7.34. The number of rotatable bonds is 7. The number of hydrogen-bond acceptors (Lipinski definition) is 3. The van der Waals surface area contributed by atoms with Crippen molar-refractivity contribution in [3.05, 3.63) is 0 Å². The standard InChI is InChI=1S/C18H31N3O3/c1-4-10-18(11-5-2)16(23)21(17(24)20-18)12-15(22)19-14-9-7-6-8-13(14)3/h13-14H,4-12H2,1-3H3,(H,19,22)(H,20,24)/t13-,14+/m1/s1. The largest absolute Gasteiger partial charge is 0.352 e. The minimum atomic E-state index is -0.820. The zero-order valence-electron chi connectivity index (χ0n) is 15.2. The molecule has 4 amide bonds. The molecule has 0 aromatic rings. The van der Waals surface area contributed by atoms with E-state index in [2.05, 4.69) is 17.6 Å². The van der Waals surface area contributed by atoms with Gasteiger partial charge < -0.3 is 10.6 Å². The molecule has 1 aliphatic carbocycles. The first kappa shape index (κ1) is 18.7. The van der Waals surface area contributed by atoms with Crippen LogP contribution in [0.3, 0.4) is 0 Å². The van der Waals surface area contributed by atoms with Crippen LogP contribution in [0, 0.1) is 5.92 Å². The van der Waals surface area contributed by atoms with E-state index in [1.807, 2.05) is 13.8 Å². The number of hydrogen-bond donors (Lipinski definition) is 2. The summed E-state index contributed by atoms with van der Waals surface area (Å²) in [5.41, 5.74) is -0.820. The van der Waals surface area contributed by atoms with Gasteiger partial charge in [-0.2, -0.15) is 0 Å². The van der Waals surface area contributed by atoms with Crippen LogP contribution in [0.15, 0.2) is 0 Å². The van der Waals surface area contributed by atoms with Gasteiger partial charge in [0.15, 0.2) is 0 Å². The van der Waals surface area contributed by atoms with Gasteiger partial charge in [0.1, 0.15) is 12.1 Å². The number of carbonyl (C=O) groups is 3. The number of nitrogens with zero attached hydrogens (tertiary/aromatic N) is 1. The lowest BCUT2D eigenvalue weighted by Gasteiger charge is -2.30. The van der Waals surface area contributed by atoms with Gasteiger partial charge in [-0.3, -0.25) is 14.5 Å². The third kappa shape index (κ3) is 3.90. The van der Waals surface area contributed by atoms with Crippen molar-refractivity contribution in [2.24, 2.45) is 5.92 Å². The Balaban J connectivity index is 1.99. The quantitative estimate of drug-likeness (QED) is 0.701. The average molecular weight is 337 g/mol. The Labute approximate surface area is 144 Å². The topological polar surface area (TPSA) is 78.5 Å². The molecule has 1 aliphatic heterocycles. The minimum Gasteiger partial charge on any atom is -0.352 e. The molecule has 2 N–H and O–H groups in total. The molecule has 0 radical (unpaired) electrons. The van der Waals surface area contributed by atoms with Crippen molar-refractivity contribution in [2.45, 2.75) is 83.7 Å². The molecule has 0 aromatic carbocycles. The summed E-state index contributed by atoms with van der Waals surface area (Å²) in [4.78, 5) is 38.5. The molecule has 1 heterocycles. The van der Waals surface area contributed by atoms with Crippen LogP contribution < -0.4 is 10.6 Å². The van der Waals surface area contributed by atoms with Crippen LogP contribution in [-0.2, 0) is 9.59 Å². The zero-order chi connectivity index (χ0) is 17.7. The second kappa shape index (κ2) is 7.99. The van der Waals surface area contributed by atoms with Crippen molar-refractivity contribution in [3.8, 4) is 0 Å². The summed E-state index contributed by atoms with van der Waals surface area (Å²) >= 11 is 0. The molecule has 0 bridgehead atoms. The lowest BCUT2D eigenvalue weighted by atomic mass is 9.86. The average Bonchev–Trinajstić information content (AvgIpc) is 2.75. The Bertz CT molecular complexity index is 486. The van der Waals surface area contributed by atoms with Crippen molar-refractivity contribution >= 4 is 17.8 Å². The van der Waals surface area contributed by atoms with Crippen LogP contribution >= 0.6 is 0 Å². The lowest BCUT2D eigenvalue weighted by Crippen LogP contribution is -2.49. The predicted octanol–water partition coefficient (Wildman–Crippen LogP) is 2.57. The number of imide groups is 1. The lowest BCUT2D eigenvalue weighted by molar-refractivity contribution is -0.135. The maximum atomic E-state index is 12.8. The van der Waals surface area contributed by atoms with Crippen LogP contribution in [-0.4, -0.2) is 40.9 Å². The van der Waals surface area contributed by atoms with Gasteiger partial charge >= 0.3 is 6.03 Å². The summed E-state index contributed by atoms with van der Waals surface area (Å²) in [6.07, 6.45) is 7.27. The maximum absolute atomic E-state index is 12.8. The predicted molar refractivity (Wildman–Crippen MR) is 92.4 cm³/mol. The van der Waals surface area contributed by atoms with Crippen LogP contribution in [0.5, 0.6) is 0 Å². The Morgan fingerprint density at radius 2 is 1.83 bits per heavy atom. The molecule has 24 heavy (non-hydrogen) atoms. The zero-order valence-corrected chi connectivity index (χ0v) is 15.2. The minimum absolute atomic E-state index is 0.156. The Morgan fingerprint density at radius 1 is 1.21 bits per heavy atom. The van der Waals surface area contributed by atoms with Gasteiger partial charge in [-0.05, 0) is 31.6 Å². The molecule has 1 saturated heterocycles. The highest BCUT2D eigenvalue weighted by atomic mass is 16.2. The van der Waals surface area contributed by atoms with Crippen LogP contribution in [0.4, 0.5) is 4.79 Å². The molecule has 0 unspecified atom stereocenters. The highest BCUT2D eigenvalue weighted by molar-refractivity contribution is 6.09. The fraction of sp³-hybridized carbons (Fsp3) is 0.833. The van der Waals surface area contributed by atoms with Crippen LogP contribution in [0.25, 0.3) is 0 Å². The van der Waals surface area contributed by atoms with E-state index >= 15 is 0 Å². The summed E-state index contributed by atoms with van der Waals surface area (Å²) < 4.78 is 0. The van der Waals surface area contributed by atoms with E-state index in [0.717, 1.165) is 37.0 Å². The van der Waals surface area contributed by atoms with Gasteiger partial charge in [0.05, 0.1) is 0 Å². The maximum Gasteiger partial charge on any atom is 0.325 e.